The molecule has 0 aliphatic rings. The van der Waals surface area contributed by atoms with Crippen LogP contribution < -0.4 is 5.32 Å². The number of nitrogens with zero attached hydrogens (tertiary/aromatic N) is 2. The molecule has 0 aliphatic heterocycles. The fraction of sp³-hybridized carbons (Fsp3) is 0.364. The van der Waals surface area contributed by atoms with Gasteiger partial charge in [-0.25, -0.2) is 4.98 Å². The highest BCUT2D eigenvalue weighted by atomic mass is 32.1. The largest absolute Gasteiger partial charge is 0.324 e. The Morgan fingerprint density at radius 3 is 2.83 bits per heavy atom. The SMILES string of the molecule is Cc1cnc(C(C)NCc2ccc([N+](=O)[O-])s2)s1. The predicted molar refractivity (Wildman–Crippen MR) is 73.1 cm³/mol. The summed E-state index contributed by atoms with van der Waals surface area (Å²) in [6.45, 7) is 4.69. The summed E-state index contributed by atoms with van der Waals surface area (Å²) in [4.78, 5) is 16.7. The smallest absolute Gasteiger partial charge is 0.303 e. The molecule has 7 heteroatoms. The van der Waals surface area contributed by atoms with Gasteiger partial charge in [-0.15, -0.1) is 11.3 Å². The maximum absolute atomic E-state index is 10.6. The average Bonchev–Trinajstić information content (AvgIpc) is 2.94. The molecule has 1 atom stereocenters. The third-order valence-corrected chi connectivity index (χ3v) is 4.55. The molecule has 0 bridgehead atoms. The topological polar surface area (TPSA) is 68.1 Å². The summed E-state index contributed by atoms with van der Waals surface area (Å²) in [6, 6.07) is 3.49. The van der Waals surface area contributed by atoms with Crippen LogP contribution in [-0.4, -0.2) is 9.91 Å². The molecule has 2 heterocycles. The van der Waals surface area contributed by atoms with E-state index < -0.39 is 0 Å². The first-order chi connectivity index (χ1) is 8.56. The Morgan fingerprint density at radius 1 is 1.50 bits per heavy atom. The summed E-state index contributed by atoms with van der Waals surface area (Å²) >= 11 is 2.87. The van der Waals surface area contributed by atoms with Crippen LogP contribution in [0.1, 0.15) is 27.7 Å². The van der Waals surface area contributed by atoms with E-state index in [4.69, 9.17) is 0 Å². The Bertz CT molecular complexity index is 550. The van der Waals surface area contributed by atoms with Crippen LogP contribution in [0.25, 0.3) is 0 Å². The number of nitro groups is 1. The van der Waals surface area contributed by atoms with Crippen molar-refractivity contribution in [3.63, 3.8) is 0 Å². The summed E-state index contributed by atoms with van der Waals surface area (Å²) in [6.07, 6.45) is 1.86. The first kappa shape index (κ1) is 13.1. The third-order valence-electron chi connectivity index (χ3n) is 2.42. The van der Waals surface area contributed by atoms with Gasteiger partial charge in [-0.2, -0.15) is 0 Å². The molecule has 0 radical (unpaired) electrons. The van der Waals surface area contributed by atoms with Crippen LogP contribution in [0.15, 0.2) is 18.3 Å². The van der Waals surface area contributed by atoms with Gasteiger partial charge in [0.1, 0.15) is 5.01 Å². The van der Waals surface area contributed by atoms with Crippen LogP contribution in [0.2, 0.25) is 0 Å². The predicted octanol–water partition coefficient (Wildman–Crippen LogP) is 3.27. The van der Waals surface area contributed by atoms with Gasteiger partial charge in [-0.05, 0) is 19.9 Å². The van der Waals surface area contributed by atoms with Crippen molar-refractivity contribution in [2.24, 2.45) is 0 Å². The van der Waals surface area contributed by atoms with Gasteiger partial charge >= 0.3 is 5.00 Å². The average molecular weight is 283 g/mol. The maximum Gasteiger partial charge on any atom is 0.324 e. The van der Waals surface area contributed by atoms with Crippen molar-refractivity contribution in [1.82, 2.24) is 10.3 Å². The highest BCUT2D eigenvalue weighted by molar-refractivity contribution is 7.15. The molecule has 0 saturated heterocycles. The van der Waals surface area contributed by atoms with Crippen molar-refractivity contribution in [3.05, 3.63) is 43.2 Å². The van der Waals surface area contributed by atoms with Crippen molar-refractivity contribution in [1.29, 1.82) is 0 Å². The second-order valence-electron chi connectivity index (χ2n) is 3.91. The summed E-state index contributed by atoms with van der Waals surface area (Å²) in [7, 11) is 0. The third kappa shape index (κ3) is 3.12. The molecule has 0 amide bonds. The molecule has 0 spiro atoms. The van der Waals surface area contributed by atoms with Crippen molar-refractivity contribution in [2.45, 2.75) is 26.4 Å². The molecule has 18 heavy (non-hydrogen) atoms. The van der Waals surface area contributed by atoms with Crippen molar-refractivity contribution >= 4 is 27.7 Å². The van der Waals surface area contributed by atoms with E-state index in [9.17, 15) is 10.1 Å². The van der Waals surface area contributed by atoms with Gasteiger partial charge in [0.25, 0.3) is 0 Å². The Morgan fingerprint density at radius 2 is 2.28 bits per heavy atom. The van der Waals surface area contributed by atoms with Crippen LogP contribution in [0.5, 0.6) is 0 Å². The second kappa shape index (κ2) is 5.55. The van der Waals surface area contributed by atoms with Gasteiger partial charge in [0.05, 0.1) is 11.0 Å². The quantitative estimate of drug-likeness (QED) is 0.675. The van der Waals surface area contributed by atoms with Crippen LogP contribution in [-0.2, 0) is 6.54 Å². The van der Waals surface area contributed by atoms with Gasteiger partial charge in [0.15, 0.2) is 0 Å². The number of thiophene rings is 1. The first-order valence-corrected chi connectivity index (χ1v) is 7.08. The molecule has 2 aromatic heterocycles. The lowest BCUT2D eigenvalue weighted by molar-refractivity contribution is -0.380. The molecule has 0 fully saturated rings. The number of rotatable bonds is 5. The van der Waals surface area contributed by atoms with Crippen molar-refractivity contribution in [3.8, 4) is 0 Å². The highest BCUT2D eigenvalue weighted by Crippen LogP contribution is 2.25. The summed E-state index contributed by atoms with van der Waals surface area (Å²) in [5.74, 6) is 0. The number of hydrogen-bond acceptors (Lipinski definition) is 6. The van der Waals surface area contributed by atoms with Gasteiger partial charge in [0, 0.05) is 28.6 Å². The van der Waals surface area contributed by atoms with Gasteiger partial charge < -0.3 is 5.32 Å². The number of nitrogens with one attached hydrogen (secondary N) is 1. The molecule has 2 rings (SSSR count). The lowest BCUT2D eigenvalue weighted by Gasteiger charge is -2.09. The fourth-order valence-corrected chi connectivity index (χ4v) is 3.04. The molecular weight excluding hydrogens is 270 g/mol. The Balaban J connectivity index is 1.92. The molecule has 96 valence electrons. The number of aryl methyl sites for hydroxylation is 1. The Labute approximate surface area is 113 Å². The second-order valence-corrected chi connectivity index (χ2v) is 6.32. The minimum atomic E-state index is -0.359. The Hall–Kier alpha value is -1.31. The van der Waals surface area contributed by atoms with E-state index in [2.05, 4.69) is 10.3 Å². The standard InChI is InChI=1S/C11H13N3O2S2/c1-7-5-13-11(17-7)8(2)12-6-9-3-4-10(18-9)14(15)16/h3-5,8,12H,6H2,1-2H3. The highest BCUT2D eigenvalue weighted by Gasteiger charge is 2.12. The van der Waals surface area contributed by atoms with E-state index in [1.807, 2.05) is 20.0 Å². The van der Waals surface area contributed by atoms with E-state index in [1.54, 1.807) is 23.5 Å². The molecule has 1 unspecified atom stereocenters. The molecular formula is C11H13N3O2S2. The number of thiazole rings is 1. The normalized spacial score (nSPS) is 12.6. The molecule has 0 aliphatic carbocycles. The van der Waals surface area contributed by atoms with E-state index in [1.165, 1.54) is 16.2 Å². The van der Waals surface area contributed by atoms with Crippen LogP contribution in [0.4, 0.5) is 5.00 Å². The van der Waals surface area contributed by atoms with Crippen LogP contribution >= 0.6 is 22.7 Å². The maximum atomic E-state index is 10.6. The minimum absolute atomic E-state index is 0.157. The first-order valence-electron chi connectivity index (χ1n) is 5.45. The lowest BCUT2D eigenvalue weighted by atomic mass is 10.3. The summed E-state index contributed by atoms with van der Waals surface area (Å²) in [5.41, 5.74) is 0. The molecule has 2 aromatic rings. The number of aromatic nitrogens is 1. The lowest BCUT2D eigenvalue weighted by Crippen LogP contribution is -2.17. The molecule has 0 saturated carbocycles. The number of hydrogen-bond donors (Lipinski definition) is 1. The molecule has 1 N–H and O–H groups in total. The minimum Gasteiger partial charge on any atom is -0.303 e. The Kier molecular flexibility index (Phi) is 4.05. The monoisotopic (exact) mass is 283 g/mol. The zero-order valence-corrected chi connectivity index (χ0v) is 11.7. The van der Waals surface area contributed by atoms with E-state index >= 15 is 0 Å². The van der Waals surface area contributed by atoms with E-state index in [-0.39, 0.29) is 16.0 Å². The summed E-state index contributed by atoms with van der Waals surface area (Å²) in [5, 5.41) is 15.1. The van der Waals surface area contributed by atoms with E-state index in [0.717, 1.165) is 9.88 Å². The van der Waals surface area contributed by atoms with Crippen LogP contribution in [0.3, 0.4) is 0 Å². The van der Waals surface area contributed by atoms with Crippen molar-refractivity contribution < 1.29 is 4.92 Å². The van der Waals surface area contributed by atoms with Crippen LogP contribution in [0, 0.1) is 17.0 Å². The summed E-state index contributed by atoms with van der Waals surface area (Å²) < 4.78 is 0. The molecule has 0 aromatic carbocycles. The van der Waals surface area contributed by atoms with E-state index in [0.29, 0.717) is 6.54 Å². The zero-order valence-electron chi connectivity index (χ0n) is 10.0. The fourth-order valence-electron chi connectivity index (χ4n) is 1.47. The zero-order chi connectivity index (χ0) is 13.1. The van der Waals surface area contributed by atoms with Gasteiger partial charge in [-0.1, -0.05) is 11.3 Å². The molecule has 5 nitrogen and oxygen atoms in total. The van der Waals surface area contributed by atoms with Crippen molar-refractivity contribution in [2.75, 3.05) is 0 Å². The van der Waals surface area contributed by atoms with Gasteiger partial charge in [0.2, 0.25) is 0 Å². The van der Waals surface area contributed by atoms with Gasteiger partial charge in [-0.3, -0.25) is 10.1 Å².